The monoisotopic (exact) mass is 582 g/mol. The Kier molecular flexibility index (Phi) is 8.62. The average Bonchev–Trinajstić information content (AvgIpc) is 3.51. The van der Waals surface area contributed by atoms with Crippen LogP contribution in [0.1, 0.15) is 36.9 Å². The van der Waals surface area contributed by atoms with Gasteiger partial charge in [-0.05, 0) is 75.6 Å². The molecule has 14 heteroatoms. The lowest BCUT2D eigenvalue weighted by Crippen LogP contribution is -2.51. The van der Waals surface area contributed by atoms with Crippen molar-refractivity contribution in [2.75, 3.05) is 42.5 Å². The number of hydrogen-bond acceptors (Lipinski definition) is 5. The summed E-state index contributed by atoms with van der Waals surface area (Å²) in [5, 5.41) is 10.4. The van der Waals surface area contributed by atoms with E-state index in [0.29, 0.717) is 19.0 Å². The van der Waals surface area contributed by atoms with E-state index in [2.05, 4.69) is 9.88 Å². The summed E-state index contributed by atoms with van der Waals surface area (Å²) in [4.78, 5) is 21.6. The molecule has 1 aromatic heterocycles. The van der Waals surface area contributed by atoms with Crippen LogP contribution >= 0.6 is 11.6 Å². The molecule has 0 radical (unpaired) electrons. The minimum atomic E-state index is -5.18. The van der Waals surface area contributed by atoms with E-state index in [4.69, 9.17) is 11.6 Å². The molecule has 1 N–H and O–H groups in total. The summed E-state index contributed by atoms with van der Waals surface area (Å²) in [5.41, 5.74) is -3.17. The zero-order valence-corrected chi connectivity index (χ0v) is 21.3. The lowest BCUT2D eigenvalue weighted by molar-refractivity contribution is -0.145. The van der Waals surface area contributed by atoms with Crippen molar-refractivity contribution in [2.24, 2.45) is 0 Å². The molecule has 0 saturated carbocycles. The molecule has 2 aliphatic rings. The number of anilines is 2. The number of aliphatic hydroxyl groups is 1. The van der Waals surface area contributed by atoms with Gasteiger partial charge in [-0.2, -0.15) is 26.3 Å². The smallest absolute Gasteiger partial charge is 0.390 e. The van der Waals surface area contributed by atoms with Gasteiger partial charge in [0.1, 0.15) is 23.4 Å². The van der Waals surface area contributed by atoms with E-state index >= 15 is 0 Å². The normalized spacial score (nSPS) is 20.6. The molecule has 0 unspecified atom stereocenters. The van der Waals surface area contributed by atoms with E-state index in [1.807, 2.05) is 0 Å². The summed E-state index contributed by atoms with van der Waals surface area (Å²) < 4.78 is 94.5. The van der Waals surface area contributed by atoms with Gasteiger partial charge in [0.25, 0.3) is 5.91 Å². The molecule has 2 saturated heterocycles. The summed E-state index contributed by atoms with van der Waals surface area (Å²) in [6.45, 7) is 2.31. The van der Waals surface area contributed by atoms with E-state index in [1.165, 1.54) is 17.0 Å². The molecule has 2 aromatic rings. The van der Waals surface area contributed by atoms with Crippen molar-refractivity contribution < 1.29 is 40.6 Å². The number of nitrogens with zero attached hydrogens (tertiary/aromatic N) is 4. The molecule has 0 bridgehead atoms. The molecule has 3 heterocycles. The summed E-state index contributed by atoms with van der Waals surface area (Å²) in [5.74, 6) is -2.25. The summed E-state index contributed by atoms with van der Waals surface area (Å²) in [6, 6.07) is 2.35. The third kappa shape index (κ3) is 6.75. The van der Waals surface area contributed by atoms with E-state index in [9.17, 15) is 40.6 Å². The number of amides is 1. The number of halogens is 8. The third-order valence-corrected chi connectivity index (χ3v) is 7.17. The van der Waals surface area contributed by atoms with Gasteiger partial charge >= 0.3 is 12.4 Å². The van der Waals surface area contributed by atoms with Crippen LogP contribution in [0.15, 0.2) is 30.3 Å². The van der Waals surface area contributed by atoms with Crippen LogP contribution in [0, 0.1) is 5.82 Å². The number of carbonyl (C=O) groups is 1. The first kappa shape index (κ1) is 29.3. The molecular weight excluding hydrogens is 557 g/mol. The zero-order valence-electron chi connectivity index (χ0n) is 20.6. The number of hydrogen-bond donors (Lipinski definition) is 1. The third-order valence-electron chi connectivity index (χ3n) is 6.88. The van der Waals surface area contributed by atoms with Crippen LogP contribution in [-0.4, -0.2) is 65.8 Å². The van der Waals surface area contributed by atoms with Gasteiger partial charge in [-0.3, -0.25) is 4.79 Å². The van der Waals surface area contributed by atoms with Gasteiger partial charge in [0.05, 0.1) is 16.7 Å². The molecule has 0 spiro atoms. The van der Waals surface area contributed by atoms with Gasteiger partial charge in [-0.25, -0.2) is 9.37 Å². The molecule has 1 amide bonds. The van der Waals surface area contributed by atoms with Crippen molar-refractivity contribution in [2.45, 2.75) is 50.2 Å². The van der Waals surface area contributed by atoms with Gasteiger partial charge in [-0.1, -0.05) is 11.6 Å². The van der Waals surface area contributed by atoms with Crippen LogP contribution in [0.4, 0.5) is 42.2 Å². The van der Waals surface area contributed by atoms with Crippen molar-refractivity contribution in [1.29, 1.82) is 0 Å². The Hall–Kier alpha value is -2.64. The van der Waals surface area contributed by atoms with Crippen molar-refractivity contribution in [3.05, 3.63) is 52.4 Å². The van der Waals surface area contributed by atoms with Gasteiger partial charge in [0, 0.05) is 18.8 Å². The average molecular weight is 583 g/mol. The topological polar surface area (TPSA) is 59.9 Å². The number of pyridine rings is 1. The van der Waals surface area contributed by atoms with Crippen LogP contribution in [0.2, 0.25) is 5.02 Å². The van der Waals surface area contributed by atoms with Crippen LogP contribution in [0.25, 0.3) is 0 Å². The number of likely N-dealkylation sites (tertiary alicyclic amines) is 1. The number of aliphatic hydroxyl groups excluding tert-OH is 1. The van der Waals surface area contributed by atoms with Gasteiger partial charge in [0.15, 0.2) is 0 Å². The molecule has 2 aliphatic heterocycles. The first-order chi connectivity index (χ1) is 18.3. The Morgan fingerprint density at radius 3 is 2.36 bits per heavy atom. The van der Waals surface area contributed by atoms with Crippen molar-refractivity contribution >= 4 is 29.0 Å². The van der Waals surface area contributed by atoms with Crippen LogP contribution in [0.3, 0.4) is 0 Å². The highest BCUT2D eigenvalue weighted by molar-refractivity contribution is 6.31. The van der Waals surface area contributed by atoms with E-state index in [1.54, 1.807) is 0 Å². The minimum absolute atomic E-state index is 0.0954. The predicted octanol–water partition coefficient (Wildman–Crippen LogP) is 5.37. The zero-order chi connectivity index (χ0) is 28.5. The maximum Gasteiger partial charge on any atom is 0.433 e. The maximum absolute atomic E-state index is 13.9. The van der Waals surface area contributed by atoms with Crippen LogP contribution in [0.5, 0.6) is 0 Å². The van der Waals surface area contributed by atoms with Crippen molar-refractivity contribution in [3.8, 4) is 0 Å². The van der Waals surface area contributed by atoms with Gasteiger partial charge in [0.2, 0.25) is 0 Å². The largest absolute Gasteiger partial charge is 0.433 e. The molecule has 0 aliphatic carbocycles. The summed E-state index contributed by atoms with van der Waals surface area (Å²) in [6.07, 6.45) is -9.22. The number of aromatic nitrogens is 1. The minimum Gasteiger partial charge on any atom is -0.390 e. The molecule has 2 atom stereocenters. The van der Waals surface area contributed by atoms with E-state index in [0.717, 1.165) is 36.9 Å². The molecule has 2 fully saturated rings. The van der Waals surface area contributed by atoms with Crippen molar-refractivity contribution in [1.82, 2.24) is 9.88 Å². The number of carbonyl (C=O) groups excluding carboxylic acids is 1. The second-order valence-corrected chi connectivity index (χ2v) is 9.99. The second kappa shape index (κ2) is 11.5. The molecule has 1 aromatic carbocycles. The number of rotatable bonds is 7. The van der Waals surface area contributed by atoms with Gasteiger partial charge < -0.3 is 19.8 Å². The Morgan fingerprint density at radius 2 is 1.74 bits per heavy atom. The second-order valence-electron chi connectivity index (χ2n) is 9.58. The Morgan fingerprint density at radius 1 is 1.05 bits per heavy atom. The maximum atomic E-state index is 13.9. The van der Waals surface area contributed by atoms with Crippen LogP contribution in [-0.2, 0) is 17.1 Å². The molecule has 6 nitrogen and oxygen atoms in total. The molecular formula is C25H26ClF7N4O2. The van der Waals surface area contributed by atoms with E-state index < -0.39 is 53.3 Å². The Bertz CT molecular complexity index is 1160. The molecule has 214 valence electrons. The number of benzene rings is 1. The highest BCUT2D eigenvalue weighted by Crippen LogP contribution is 2.38. The standard InChI is InChI=1S/C25H26ClF7N4O2/c26-17-14-16(4-5-18(17)27)36(10-3-9-35-7-1-2-8-35)23(39)22-19(38)6-11-37(22)21-13-15(24(28,29)30)12-20(34-21)25(31,32)33/h4-5,12-14,19,22,38H,1-3,6-11H2/t19-,22+/m1/s1. The predicted molar refractivity (Wildman–Crippen MR) is 130 cm³/mol. The van der Waals surface area contributed by atoms with Crippen LogP contribution < -0.4 is 9.80 Å². The lowest BCUT2D eigenvalue weighted by atomic mass is 10.1. The Balaban J connectivity index is 1.68. The lowest BCUT2D eigenvalue weighted by Gasteiger charge is -2.33. The highest BCUT2D eigenvalue weighted by Gasteiger charge is 2.44. The highest BCUT2D eigenvalue weighted by atomic mass is 35.5. The van der Waals surface area contributed by atoms with Crippen molar-refractivity contribution in [3.63, 3.8) is 0 Å². The fraction of sp³-hybridized carbons (Fsp3) is 0.520. The van der Waals surface area contributed by atoms with E-state index in [-0.39, 0.29) is 36.3 Å². The first-order valence-electron chi connectivity index (χ1n) is 12.4. The SMILES string of the molecule is O=C([C@@H]1[C@H](O)CCN1c1cc(C(F)(F)F)cc(C(F)(F)F)n1)N(CCCN1CCCC1)c1ccc(F)c(Cl)c1. The van der Waals surface area contributed by atoms with Gasteiger partial charge in [-0.15, -0.1) is 0 Å². The molecule has 39 heavy (non-hydrogen) atoms. The molecule has 4 rings (SSSR count). The summed E-state index contributed by atoms with van der Waals surface area (Å²) in [7, 11) is 0. The fourth-order valence-electron chi connectivity index (χ4n) is 4.94. The fourth-order valence-corrected chi connectivity index (χ4v) is 5.12. The number of alkyl halides is 6. The quantitative estimate of drug-likeness (QED) is 0.445. The summed E-state index contributed by atoms with van der Waals surface area (Å²) >= 11 is 5.93. The Labute approximate surface area is 225 Å². The first-order valence-corrected chi connectivity index (χ1v) is 12.7.